The van der Waals surface area contributed by atoms with Gasteiger partial charge in [0.15, 0.2) is 0 Å². The van der Waals surface area contributed by atoms with E-state index in [9.17, 15) is 0 Å². The molecule has 2 unspecified atom stereocenters. The Balaban J connectivity index is 3.20. The molecular weight excluding hydrogens is 306 g/mol. The molecule has 1 aromatic carbocycles. The highest BCUT2D eigenvalue weighted by Crippen LogP contribution is 2.41. The van der Waals surface area contributed by atoms with Gasteiger partial charge in [-0.25, -0.2) is 0 Å². The monoisotopic (exact) mass is 329 g/mol. The van der Waals surface area contributed by atoms with Crippen LogP contribution in [-0.2, 0) is 0 Å². The smallest absolute Gasteiger partial charge is 0.141 e. The van der Waals surface area contributed by atoms with Gasteiger partial charge in [-0.3, -0.25) is 0 Å². The molecule has 108 valence electrons. The predicted molar refractivity (Wildman–Crippen MR) is 83.1 cm³/mol. The van der Waals surface area contributed by atoms with Crippen molar-refractivity contribution >= 4 is 15.9 Å². The van der Waals surface area contributed by atoms with Crippen molar-refractivity contribution < 1.29 is 9.47 Å². The van der Waals surface area contributed by atoms with Gasteiger partial charge in [0, 0.05) is 11.6 Å². The molecule has 2 atom stereocenters. The zero-order valence-electron chi connectivity index (χ0n) is 12.4. The third kappa shape index (κ3) is 3.63. The quantitative estimate of drug-likeness (QED) is 0.814. The van der Waals surface area contributed by atoms with Gasteiger partial charge in [-0.05, 0) is 47.4 Å². The lowest BCUT2D eigenvalue weighted by atomic mass is 9.90. The fourth-order valence-corrected chi connectivity index (χ4v) is 3.22. The Labute approximate surface area is 124 Å². The largest absolute Gasteiger partial charge is 0.495 e. The van der Waals surface area contributed by atoms with Crippen LogP contribution in [0.5, 0.6) is 11.5 Å². The van der Waals surface area contributed by atoms with E-state index in [-0.39, 0.29) is 6.04 Å². The Morgan fingerprint density at radius 3 is 2.42 bits per heavy atom. The Bertz CT molecular complexity index is 409. The summed E-state index contributed by atoms with van der Waals surface area (Å²) in [5.41, 5.74) is 1.17. The van der Waals surface area contributed by atoms with Crippen molar-refractivity contribution in [1.82, 2.24) is 5.32 Å². The van der Waals surface area contributed by atoms with E-state index in [0.717, 1.165) is 16.0 Å². The van der Waals surface area contributed by atoms with Gasteiger partial charge in [0.2, 0.25) is 0 Å². The predicted octanol–water partition coefficient (Wildman–Crippen LogP) is 4.16. The summed E-state index contributed by atoms with van der Waals surface area (Å²) in [6, 6.07) is 4.33. The molecule has 4 heteroatoms. The van der Waals surface area contributed by atoms with Crippen LogP contribution in [0.15, 0.2) is 16.6 Å². The van der Waals surface area contributed by atoms with E-state index >= 15 is 0 Å². The van der Waals surface area contributed by atoms with E-state index in [1.165, 1.54) is 18.4 Å². The molecule has 0 fully saturated rings. The topological polar surface area (TPSA) is 30.5 Å². The summed E-state index contributed by atoms with van der Waals surface area (Å²) >= 11 is 3.56. The number of halogens is 1. The van der Waals surface area contributed by atoms with Crippen molar-refractivity contribution in [2.24, 2.45) is 5.92 Å². The molecule has 19 heavy (non-hydrogen) atoms. The van der Waals surface area contributed by atoms with Gasteiger partial charge in [-0.15, -0.1) is 0 Å². The van der Waals surface area contributed by atoms with Crippen LogP contribution in [0, 0.1) is 5.92 Å². The summed E-state index contributed by atoms with van der Waals surface area (Å²) in [4.78, 5) is 0. The van der Waals surface area contributed by atoms with Crippen molar-refractivity contribution in [3.05, 3.63) is 22.2 Å². The second-order valence-corrected chi connectivity index (χ2v) is 5.53. The minimum Gasteiger partial charge on any atom is -0.495 e. The third-order valence-corrected chi connectivity index (χ3v) is 4.23. The molecule has 0 radical (unpaired) electrons. The van der Waals surface area contributed by atoms with Gasteiger partial charge in [0.25, 0.3) is 0 Å². The second kappa shape index (κ2) is 7.75. The molecule has 0 aliphatic heterocycles. The highest BCUT2D eigenvalue weighted by molar-refractivity contribution is 9.10. The van der Waals surface area contributed by atoms with Crippen molar-refractivity contribution in [2.45, 2.75) is 32.7 Å². The standard InChI is InChI=1S/C15H24BrNO2/c1-6-7-10(2)14(17-3)11-8-9-12(18-4)13(16)15(11)19-5/h8-10,14,17H,6-7H2,1-5H3. The molecule has 1 N–H and O–H groups in total. The number of nitrogens with one attached hydrogen (secondary N) is 1. The van der Waals surface area contributed by atoms with E-state index in [1.807, 2.05) is 13.1 Å². The van der Waals surface area contributed by atoms with Gasteiger partial charge in [0.1, 0.15) is 16.0 Å². The highest BCUT2D eigenvalue weighted by Gasteiger charge is 2.23. The number of methoxy groups -OCH3 is 2. The van der Waals surface area contributed by atoms with E-state index in [1.54, 1.807) is 14.2 Å². The lowest BCUT2D eigenvalue weighted by Crippen LogP contribution is -2.24. The number of hydrogen-bond donors (Lipinski definition) is 1. The number of rotatable bonds is 7. The summed E-state index contributed by atoms with van der Waals surface area (Å²) in [6.07, 6.45) is 2.36. The first-order chi connectivity index (χ1) is 9.10. The zero-order valence-corrected chi connectivity index (χ0v) is 14.0. The van der Waals surface area contributed by atoms with Crippen molar-refractivity contribution in [1.29, 1.82) is 0 Å². The Kier molecular flexibility index (Phi) is 6.66. The van der Waals surface area contributed by atoms with Crippen LogP contribution < -0.4 is 14.8 Å². The van der Waals surface area contributed by atoms with Gasteiger partial charge < -0.3 is 14.8 Å². The van der Waals surface area contributed by atoms with Gasteiger partial charge in [0.05, 0.1) is 14.2 Å². The van der Waals surface area contributed by atoms with Crippen LogP contribution in [0.4, 0.5) is 0 Å². The Hall–Kier alpha value is -0.740. The van der Waals surface area contributed by atoms with E-state index in [2.05, 4.69) is 41.2 Å². The van der Waals surface area contributed by atoms with Crippen LogP contribution in [0.25, 0.3) is 0 Å². The fraction of sp³-hybridized carbons (Fsp3) is 0.600. The van der Waals surface area contributed by atoms with Gasteiger partial charge in [-0.1, -0.05) is 20.3 Å². The van der Waals surface area contributed by atoms with Crippen molar-refractivity contribution in [3.8, 4) is 11.5 Å². The lowest BCUT2D eigenvalue weighted by Gasteiger charge is -2.26. The average molecular weight is 330 g/mol. The third-order valence-electron chi connectivity index (χ3n) is 3.48. The number of benzene rings is 1. The van der Waals surface area contributed by atoms with Crippen molar-refractivity contribution in [2.75, 3.05) is 21.3 Å². The molecule has 0 amide bonds. The van der Waals surface area contributed by atoms with Crippen LogP contribution >= 0.6 is 15.9 Å². The summed E-state index contributed by atoms with van der Waals surface area (Å²) in [5.74, 6) is 2.18. The van der Waals surface area contributed by atoms with Crippen molar-refractivity contribution in [3.63, 3.8) is 0 Å². The fourth-order valence-electron chi connectivity index (χ4n) is 2.53. The molecular formula is C15H24BrNO2. The number of ether oxygens (including phenoxy) is 2. The van der Waals surface area contributed by atoms with Crippen LogP contribution in [0.2, 0.25) is 0 Å². The average Bonchev–Trinajstić information content (AvgIpc) is 2.40. The van der Waals surface area contributed by atoms with E-state index in [4.69, 9.17) is 9.47 Å². The molecule has 0 bridgehead atoms. The van der Waals surface area contributed by atoms with Gasteiger partial charge >= 0.3 is 0 Å². The van der Waals surface area contributed by atoms with Crippen LogP contribution in [-0.4, -0.2) is 21.3 Å². The first kappa shape index (κ1) is 16.3. The van der Waals surface area contributed by atoms with Crippen LogP contribution in [0.1, 0.15) is 38.3 Å². The maximum Gasteiger partial charge on any atom is 0.141 e. The molecule has 0 aromatic heterocycles. The Morgan fingerprint density at radius 2 is 1.95 bits per heavy atom. The normalized spacial score (nSPS) is 14.0. The molecule has 0 saturated carbocycles. The second-order valence-electron chi connectivity index (χ2n) is 4.74. The molecule has 1 rings (SSSR count). The van der Waals surface area contributed by atoms with Gasteiger partial charge in [-0.2, -0.15) is 0 Å². The molecule has 0 heterocycles. The highest BCUT2D eigenvalue weighted by atomic mass is 79.9. The summed E-state index contributed by atoms with van der Waals surface area (Å²) in [6.45, 7) is 4.48. The molecule has 0 saturated heterocycles. The first-order valence-electron chi connectivity index (χ1n) is 6.68. The summed E-state index contributed by atoms with van der Waals surface area (Å²) < 4.78 is 11.8. The minimum atomic E-state index is 0.275. The molecule has 0 aliphatic carbocycles. The summed E-state index contributed by atoms with van der Waals surface area (Å²) in [5, 5.41) is 3.40. The Morgan fingerprint density at radius 1 is 1.26 bits per heavy atom. The SMILES string of the molecule is CCCC(C)C(NC)c1ccc(OC)c(Br)c1OC. The maximum absolute atomic E-state index is 5.56. The molecule has 1 aromatic rings. The molecule has 0 aliphatic rings. The molecule has 0 spiro atoms. The van der Waals surface area contributed by atoms with Crippen LogP contribution in [0.3, 0.4) is 0 Å². The first-order valence-corrected chi connectivity index (χ1v) is 7.47. The zero-order chi connectivity index (χ0) is 14.4. The lowest BCUT2D eigenvalue weighted by molar-refractivity contribution is 0.350. The van der Waals surface area contributed by atoms with E-state index < -0.39 is 0 Å². The minimum absolute atomic E-state index is 0.275. The van der Waals surface area contributed by atoms with E-state index in [0.29, 0.717) is 5.92 Å². The number of hydrogen-bond acceptors (Lipinski definition) is 3. The summed E-state index contributed by atoms with van der Waals surface area (Å²) in [7, 11) is 5.35. The maximum atomic E-state index is 5.56. The molecule has 3 nitrogen and oxygen atoms in total.